The molecule has 23 heavy (non-hydrogen) atoms. The van der Waals surface area contributed by atoms with E-state index in [2.05, 4.69) is 74.8 Å². The Bertz CT molecular complexity index is 470. The maximum Gasteiger partial charge on any atom is 0.0658 e. The minimum Gasteiger partial charge on any atom is -0.377 e. The molecular weight excluding hydrogens is 280 g/mol. The van der Waals surface area contributed by atoms with Crippen LogP contribution in [0.3, 0.4) is 0 Å². The first-order valence-corrected chi connectivity index (χ1v) is 9.22. The molecule has 1 aliphatic heterocycles. The van der Waals surface area contributed by atoms with E-state index in [4.69, 9.17) is 0 Å². The molecule has 1 N–H and O–H groups in total. The third-order valence-corrected chi connectivity index (χ3v) is 5.11. The Labute approximate surface area is 143 Å². The van der Waals surface area contributed by atoms with Crippen molar-refractivity contribution in [2.24, 2.45) is 17.8 Å². The van der Waals surface area contributed by atoms with Crippen molar-refractivity contribution in [3.63, 3.8) is 0 Å². The molecule has 2 rings (SSSR count). The quantitative estimate of drug-likeness (QED) is 0.725. The maximum absolute atomic E-state index is 4.46. The zero-order valence-corrected chi connectivity index (χ0v) is 15.4. The molecular formula is C21H34N2. The number of hydrogen-bond acceptors (Lipinski definition) is 2. The van der Waals surface area contributed by atoms with Crippen molar-refractivity contribution >= 4 is 5.69 Å². The summed E-state index contributed by atoms with van der Waals surface area (Å²) in [5, 5.41) is 3.70. The smallest absolute Gasteiger partial charge is 0.0658 e. The highest BCUT2D eigenvalue weighted by Gasteiger charge is 2.25. The highest BCUT2D eigenvalue weighted by molar-refractivity contribution is 5.45. The number of hydrogen-bond donors (Lipinski definition) is 1. The molecule has 1 aromatic rings. The van der Waals surface area contributed by atoms with Crippen LogP contribution < -0.4 is 5.32 Å². The number of nitrogens with one attached hydrogen (secondary N) is 1. The van der Waals surface area contributed by atoms with Crippen LogP contribution in [0.1, 0.15) is 47.0 Å². The topological polar surface area (TPSA) is 15.3 Å². The first kappa shape index (κ1) is 17.9. The number of para-hydroxylation sites is 1. The lowest BCUT2D eigenvalue weighted by molar-refractivity contribution is 0.183. The fourth-order valence-electron chi connectivity index (χ4n) is 3.56. The second-order valence-corrected chi connectivity index (χ2v) is 7.75. The van der Waals surface area contributed by atoms with Crippen LogP contribution in [-0.4, -0.2) is 24.0 Å². The second kappa shape index (κ2) is 8.42. The van der Waals surface area contributed by atoms with Crippen LogP contribution in [0.25, 0.3) is 0 Å². The summed E-state index contributed by atoms with van der Waals surface area (Å²) in [5.74, 6) is 2.34. The van der Waals surface area contributed by atoms with Crippen LogP contribution in [0.15, 0.2) is 42.6 Å². The van der Waals surface area contributed by atoms with E-state index < -0.39 is 0 Å². The summed E-state index contributed by atoms with van der Waals surface area (Å²) in [5.41, 5.74) is 2.46. The van der Waals surface area contributed by atoms with Crippen LogP contribution in [-0.2, 0) is 0 Å². The van der Waals surface area contributed by atoms with E-state index in [1.807, 2.05) is 0 Å². The van der Waals surface area contributed by atoms with Gasteiger partial charge in [-0.1, -0.05) is 52.5 Å². The number of anilines is 1. The SMILES string of the molecule is C=C([C@H](CC(C)C)Nc1ccccc1)N1CCC(C(C)C)CC1. The van der Waals surface area contributed by atoms with Crippen LogP contribution in [0, 0.1) is 17.8 Å². The van der Waals surface area contributed by atoms with E-state index in [0.29, 0.717) is 12.0 Å². The highest BCUT2D eigenvalue weighted by atomic mass is 15.2. The summed E-state index contributed by atoms with van der Waals surface area (Å²) in [7, 11) is 0. The average Bonchev–Trinajstić information content (AvgIpc) is 2.54. The first-order chi connectivity index (χ1) is 11.0. The van der Waals surface area contributed by atoms with E-state index >= 15 is 0 Å². The van der Waals surface area contributed by atoms with E-state index in [1.165, 1.54) is 24.2 Å². The molecule has 1 aromatic carbocycles. The molecule has 0 spiro atoms. The van der Waals surface area contributed by atoms with E-state index in [0.717, 1.165) is 31.3 Å². The van der Waals surface area contributed by atoms with Crippen molar-refractivity contribution in [1.82, 2.24) is 4.90 Å². The monoisotopic (exact) mass is 314 g/mol. The molecule has 1 heterocycles. The molecule has 1 atom stereocenters. The molecule has 128 valence electrons. The summed E-state index contributed by atoms with van der Waals surface area (Å²) < 4.78 is 0. The van der Waals surface area contributed by atoms with Crippen molar-refractivity contribution < 1.29 is 0 Å². The maximum atomic E-state index is 4.46. The van der Waals surface area contributed by atoms with Crippen LogP contribution >= 0.6 is 0 Å². The Morgan fingerprint density at radius 3 is 2.26 bits per heavy atom. The normalized spacial score (nSPS) is 17.6. The molecule has 0 unspecified atom stereocenters. The van der Waals surface area contributed by atoms with Crippen LogP contribution in [0.5, 0.6) is 0 Å². The van der Waals surface area contributed by atoms with Gasteiger partial charge in [-0.3, -0.25) is 0 Å². The molecule has 0 aliphatic carbocycles. The molecule has 2 heteroatoms. The van der Waals surface area contributed by atoms with Crippen molar-refractivity contribution in [3.05, 3.63) is 42.6 Å². The van der Waals surface area contributed by atoms with Gasteiger partial charge < -0.3 is 10.2 Å². The second-order valence-electron chi connectivity index (χ2n) is 7.75. The van der Waals surface area contributed by atoms with E-state index in [9.17, 15) is 0 Å². The molecule has 0 radical (unpaired) electrons. The molecule has 1 saturated heterocycles. The molecule has 0 saturated carbocycles. The van der Waals surface area contributed by atoms with Gasteiger partial charge in [-0.2, -0.15) is 0 Å². The minimum absolute atomic E-state index is 0.327. The van der Waals surface area contributed by atoms with E-state index in [-0.39, 0.29) is 0 Å². The molecule has 0 aromatic heterocycles. The highest BCUT2D eigenvalue weighted by Crippen LogP contribution is 2.28. The molecule has 2 nitrogen and oxygen atoms in total. The molecule has 1 aliphatic rings. The third-order valence-electron chi connectivity index (χ3n) is 5.11. The van der Waals surface area contributed by atoms with Crippen molar-refractivity contribution in [2.45, 2.75) is 53.0 Å². The predicted octanol–water partition coefficient (Wildman–Crippen LogP) is 5.39. The van der Waals surface area contributed by atoms with Crippen molar-refractivity contribution in [3.8, 4) is 0 Å². The summed E-state index contributed by atoms with van der Waals surface area (Å²) in [6.45, 7) is 16.1. The zero-order valence-electron chi connectivity index (χ0n) is 15.4. The number of piperidine rings is 1. The van der Waals surface area contributed by atoms with Gasteiger partial charge in [-0.05, 0) is 49.1 Å². The zero-order chi connectivity index (χ0) is 16.8. The summed E-state index contributed by atoms with van der Waals surface area (Å²) >= 11 is 0. The van der Waals surface area contributed by atoms with Crippen molar-refractivity contribution in [2.75, 3.05) is 18.4 Å². The average molecular weight is 315 g/mol. The van der Waals surface area contributed by atoms with Crippen LogP contribution in [0.2, 0.25) is 0 Å². The fourth-order valence-corrected chi connectivity index (χ4v) is 3.56. The van der Waals surface area contributed by atoms with Gasteiger partial charge in [0.1, 0.15) is 0 Å². The van der Waals surface area contributed by atoms with E-state index in [1.54, 1.807) is 0 Å². The molecule has 1 fully saturated rings. The van der Waals surface area contributed by atoms with Gasteiger partial charge in [0, 0.05) is 24.5 Å². The lowest BCUT2D eigenvalue weighted by Gasteiger charge is -2.39. The standard InChI is InChI=1S/C21H34N2/c1-16(2)15-21(22-20-9-7-6-8-10-20)18(5)23-13-11-19(12-14-23)17(3)4/h6-10,16-17,19,21-22H,5,11-15H2,1-4H3/t21-/m0/s1. The van der Waals surface area contributed by atoms with Gasteiger partial charge in [-0.15, -0.1) is 0 Å². The summed E-state index contributed by atoms with van der Waals surface area (Å²) in [6.07, 6.45) is 3.73. The lowest BCUT2D eigenvalue weighted by Crippen LogP contribution is -2.40. The van der Waals surface area contributed by atoms with Gasteiger partial charge in [0.15, 0.2) is 0 Å². The first-order valence-electron chi connectivity index (χ1n) is 9.22. The number of rotatable bonds is 7. The Balaban J connectivity index is 1.99. The Morgan fingerprint density at radius 1 is 1.13 bits per heavy atom. The van der Waals surface area contributed by atoms with Crippen molar-refractivity contribution in [1.29, 1.82) is 0 Å². The number of likely N-dealkylation sites (tertiary alicyclic amines) is 1. The van der Waals surface area contributed by atoms with Gasteiger partial charge in [0.2, 0.25) is 0 Å². The van der Waals surface area contributed by atoms with Gasteiger partial charge in [-0.25, -0.2) is 0 Å². The Hall–Kier alpha value is -1.44. The largest absolute Gasteiger partial charge is 0.377 e. The van der Waals surface area contributed by atoms with Gasteiger partial charge >= 0.3 is 0 Å². The predicted molar refractivity (Wildman–Crippen MR) is 102 cm³/mol. The Morgan fingerprint density at radius 2 is 1.74 bits per heavy atom. The van der Waals surface area contributed by atoms with Gasteiger partial charge in [0.25, 0.3) is 0 Å². The lowest BCUT2D eigenvalue weighted by atomic mass is 9.86. The minimum atomic E-state index is 0.327. The van der Waals surface area contributed by atoms with Crippen LogP contribution in [0.4, 0.5) is 5.69 Å². The summed E-state index contributed by atoms with van der Waals surface area (Å²) in [6, 6.07) is 10.9. The summed E-state index contributed by atoms with van der Waals surface area (Å²) in [4.78, 5) is 2.52. The van der Waals surface area contributed by atoms with Gasteiger partial charge in [0.05, 0.1) is 6.04 Å². The molecule has 0 amide bonds. The number of nitrogens with zero attached hydrogens (tertiary/aromatic N) is 1. The molecule has 0 bridgehead atoms. The Kier molecular flexibility index (Phi) is 6.56. The fraction of sp³-hybridized carbons (Fsp3) is 0.619. The third kappa shape index (κ3) is 5.30. The number of benzene rings is 1.